The van der Waals surface area contributed by atoms with Crippen molar-refractivity contribution in [2.45, 2.75) is 26.6 Å². The van der Waals surface area contributed by atoms with Crippen molar-refractivity contribution in [3.05, 3.63) is 76.9 Å². The van der Waals surface area contributed by atoms with Crippen LogP contribution in [0.4, 0.5) is 13.2 Å². The van der Waals surface area contributed by atoms with Crippen LogP contribution in [0.1, 0.15) is 11.1 Å². The molecule has 184 valence electrons. The summed E-state index contributed by atoms with van der Waals surface area (Å²) < 4.78 is 41.9. The van der Waals surface area contributed by atoms with Gasteiger partial charge in [0.25, 0.3) is 0 Å². The second kappa shape index (κ2) is 8.63. The van der Waals surface area contributed by atoms with Gasteiger partial charge < -0.3 is 5.32 Å². The van der Waals surface area contributed by atoms with Gasteiger partial charge in [0.05, 0.1) is 46.5 Å². The molecule has 0 aliphatic heterocycles. The zero-order valence-corrected chi connectivity index (χ0v) is 19.2. The summed E-state index contributed by atoms with van der Waals surface area (Å²) in [5, 5.41) is 6.12. The molecule has 12 heteroatoms. The topological polar surface area (TPSA) is 99.1 Å². The number of aromatic nitrogens is 6. The minimum atomic E-state index is -4.55. The number of rotatable bonds is 5. The fourth-order valence-corrected chi connectivity index (χ4v) is 4.21. The number of hydrogen-bond acceptors (Lipinski definition) is 5. The third-order valence-electron chi connectivity index (χ3n) is 5.87. The van der Waals surface area contributed by atoms with E-state index in [9.17, 15) is 22.8 Å². The van der Waals surface area contributed by atoms with Crippen molar-refractivity contribution in [1.82, 2.24) is 34.0 Å². The van der Waals surface area contributed by atoms with Crippen LogP contribution in [-0.4, -0.2) is 47.3 Å². The highest BCUT2D eigenvalue weighted by molar-refractivity contribution is 5.85. The van der Waals surface area contributed by atoms with Gasteiger partial charge in [0.2, 0.25) is 5.91 Å². The first-order valence-corrected chi connectivity index (χ1v) is 10.9. The predicted octanol–water partition coefficient (Wildman–Crippen LogP) is 3.19. The highest BCUT2D eigenvalue weighted by atomic mass is 19.4. The lowest BCUT2D eigenvalue weighted by molar-refractivity contribution is -0.138. The first-order valence-electron chi connectivity index (χ1n) is 10.9. The van der Waals surface area contributed by atoms with Crippen molar-refractivity contribution in [2.24, 2.45) is 0 Å². The zero-order chi connectivity index (χ0) is 25.6. The Bertz CT molecular complexity index is 1680. The Hall–Kier alpha value is -4.48. The van der Waals surface area contributed by atoms with Crippen molar-refractivity contribution >= 4 is 22.5 Å². The van der Waals surface area contributed by atoms with E-state index in [0.717, 1.165) is 22.2 Å². The molecule has 5 rings (SSSR count). The molecule has 0 aliphatic rings. The molecular formula is C24H20F3N7O2. The fraction of sp³-hybridized carbons (Fsp3) is 0.208. The van der Waals surface area contributed by atoms with E-state index < -0.39 is 30.9 Å². The number of hydrogen-bond donors (Lipinski definition) is 1. The summed E-state index contributed by atoms with van der Waals surface area (Å²) in [7, 11) is 0. The molecule has 0 unspecified atom stereocenters. The summed E-state index contributed by atoms with van der Waals surface area (Å²) in [4.78, 5) is 34.4. The average molecular weight is 495 g/mol. The molecular weight excluding hydrogens is 475 g/mol. The normalized spacial score (nSPS) is 11.9. The lowest BCUT2D eigenvalue weighted by atomic mass is 10.1. The van der Waals surface area contributed by atoms with Crippen molar-refractivity contribution in [3.8, 4) is 16.9 Å². The quantitative estimate of drug-likeness (QED) is 0.404. The number of nitrogens with one attached hydrogen (secondary N) is 1. The van der Waals surface area contributed by atoms with Gasteiger partial charge in [0.1, 0.15) is 13.1 Å². The van der Waals surface area contributed by atoms with E-state index >= 15 is 0 Å². The molecule has 4 heterocycles. The summed E-state index contributed by atoms with van der Waals surface area (Å²) in [6, 6.07) is 7.01. The number of carbonyl (C=O) groups is 1. The number of benzene rings is 1. The molecule has 9 nitrogen and oxygen atoms in total. The van der Waals surface area contributed by atoms with Crippen LogP contribution in [0.25, 0.3) is 33.5 Å². The molecule has 0 radical (unpaired) electrons. The molecule has 0 atom stereocenters. The lowest BCUT2D eigenvalue weighted by Crippen LogP contribution is -2.38. The lowest BCUT2D eigenvalue weighted by Gasteiger charge is -2.10. The maximum atomic E-state index is 13.5. The number of para-hydroxylation sites is 1. The second-order valence-electron chi connectivity index (χ2n) is 8.36. The molecule has 1 amide bonds. The Balaban J connectivity index is 1.59. The minimum Gasteiger partial charge on any atom is -0.345 e. The van der Waals surface area contributed by atoms with E-state index in [0.29, 0.717) is 22.4 Å². The Morgan fingerprint density at radius 1 is 1.08 bits per heavy atom. The van der Waals surface area contributed by atoms with Crippen molar-refractivity contribution < 1.29 is 18.0 Å². The zero-order valence-electron chi connectivity index (χ0n) is 19.2. The molecule has 0 saturated heterocycles. The SMILES string of the molecule is Cc1cc(-c2cnn3ccncc23)ncc1-n1c(=O)n(CC(=O)NCC(F)(F)F)c2cccc(C)c21. The number of fused-ring (bicyclic) bond motifs is 2. The molecule has 0 fully saturated rings. The largest absolute Gasteiger partial charge is 0.405 e. The van der Waals surface area contributed by atoms with Crippen LogP contribution in [0, 0.1) is 13.8 Å². The van der Waals surface area contributed by atoms with Gasteiger partial charge in [0, 0.05) is 18.0 Å². The van der Waals surface area contributed by atoms with Gasteiger partial charge in [-0.05, 0) is 37.1 Å². The number of pyridine rings is 1. The van der Waals surface area contributed by atoms with E-state index in [2.05, 4.69) is 15.1 Å². The van der Waals surface area contributed by atoms with Gasteiger partial charge in [-0.3, -0.25) is 23.9 Å². The molecule has 36 heavy (non-hydrogen) atoms. The Morgan fingerprint density at radius 2 is 1.89 bits per heavy atom. The molecule has 4 aromatic heterocycles. The maximum absolute atomic E-state index is 13.5. The summed E-state index contributed by atoms with van der Waals surface area (Å²) in [6.07, 6.45) is 3.72. The third kappa shape index (κ3) is 4.10. The smallest absolute Gasteiger partial charge is 0.345 e. The van der Waals surface area contributed by atoms with E-state index in [1.165, 1.54) is 9.13 Å². The van der Waals surface area contributed by atoms with Crippen molar-refractivity contribution in [1.29, 1.82) is 0 Å². The first kappa shape index (κ1) is 23.3. The third-order valence-corrected chi connectivity index (χ3v) is 5.87. The number of carbonyl (C=O) groups excluding carboxylic acids is 1. The number of aryl methyl sites for hydroxylation is 2. The summed E-state index contributed by atoms with van der Waals surface area (Å²) in [6.45, 7) is 1.62. The molecule has 1 N–H and O–H groups in total. The standard InChI is InChI=1S/C24H20F3N7O2/c1-14-4-3-5-18-22(14)34(23(36)32(18)12-21(35)30-13-24(25,26)27)19-11-29-17(8-15(19)2)16-9-31-33-7-6-28-10-20(16)33/h3-11H,12-13H2,1-2H3,(H,30,35). The highest BCUT2D eigenvalue weighted by Gasteiger charge is 2.28. The van der Waals surface area contributed by atoms with Gasteiger partial charge >= 0.3 is 11.9 Å². The number of amides is 1. The van der Waals surface area contributed by atoms with Crippen LogP contribution < -0.4 is 11.0 Å². The number of halogens is 3. The Labute approximate surface area is 201 Å². The Morgan fingerprint density at radius 3 is 2.64 bits per heavy atom. The summed E-state index contributed by atoms with van der Waals surface area (Å²) in [5.74, 6) is -0.915. The fourth-order valence-electron chi connectivity index (χ4n) is 4.21. The molecule has 0 aliphatic carbocycles. The molecule has 0 spiro atoms. The van der Waals surface area contributed by atoms with Crippen molar-refractivity contribution in [3.63, 3.8) is 0 Å². The molecule has 0 bridgehead atoms. The van der Waals surface area contributed by atoms with E-state index in [4.69, 9.17) is 0 Å². The summed E-state index contributed by atoms with van der Waals surface area (Å²) >= 11 is 0. The molecule has 0 saturated carbocycles. The minimum absolute atomic E-state index is 0.430. The second-order valence-corrected chi connectivity index (χ2v) is 8.36. The van der Waals surface area contributed by atoms with Gasteiger partial charge in [-0.15, -0.1) is 0 Å². The molecule has 1 aromatic carbocycles. The number of nitrogens with zero attached hydrogens (tertiary/aromatic N) is 6. The first-order chi connectivity index (χ1) is 17.1. The number of alkyl halides is 3. The van der Waals surface area contributed by atoms with Gasteiger partial charge in [0.15, 0.2) is 0 Å². The predicted molar refractivity (Wildman–Crippen MR) is 126 cm³/mol. The van der Waals surface area contributed by atoms with Crippen LogP contribution in [0.15, 0.2) is 60.0 Å². The van der Waals surface area contributed by atoms with Crippen LogP contribution in [-0.2, 0) is 11.3 Å². The van der Waals surface area contributed by atoms with Crippen LogP contribution >= 0.6 is 0 Å². The van der Waals surface area contributed by atoms with Crippen molar-refractivity contribution in [2.75, 3.05) is 6.54 Å². The van der Waals surface area contributed by atoms with Gasteiger partial charge in [-0.2, -0.15) is 18.3 Å². The Kier molecular flexibility index (Phi) is 5.58. The van der Waals surface area contributed by atoms with Crippen LogP contribution in [0.3, 0.4) is 0 Å². The van der Waals surface area contributed by atoms with Crippen LogP contribution in [0.5, 0.6) is 0 Å². The van der Waals surface area contributed by atoms with E-state index in [-0.39, 0.29) is 0 Å². The maximum Gasteiger partial charge on any atom is 0.405 e. The van der Waals surface area contributed by atoms with Crippen LogP contribution in [0.2, 0.25) is 0 Å². The molecule has 5 aromatic rings. The highest BCUT2D eigenvalue weighted by Crippen LogP contribution is 2.27. The monoisotopic (exact) mass is 495 g/mol. The average Bonchev–Trinajstić information content (AvgIpc) is 3.38. The van der Waals surface area contributed by atoms with E-state index in [1.807, 2.05) is 31.3 Å². The van der Waals surface area contributed by atoms with E-state index in [1.54, 1.807) is 47.6 Å². The number of imidazole rings is 1. The van der Waals surface area contributed by atoms with Gasteiger partial charge in [-0.25, -0.2) is 9.31 Å². The van der Waals surface area contributed by atoms with Gasteiger partial charge in [-0.1, -0.05) is 12.1 Å². The summed E-state index contributed by atoms with van der Waals surface area (Å²) in [5.41, 5.74) is 4.58.